The molecule has 0 radical (unpaired) electrons. The second-order valence-electron chi connectivity index (χ2n) is 7.70. The average molecular weight is 471 g/mol. The SMILES string of the molecule is O=C(c1ccc(C(F)(F)F)cc1)N1CCN(c2ncnc3c2nnn3-c2ccc(F)cc2)CC1. The lowest BCUT2D eigenvalue weighted by atomic mass is 10.1. The number of fused-ring (bicyclic) bond motifs is 1. The number of amides is 1. The number of benzene rings is 2. The summed E-state index contributed by atoms with van der Waals surface area (Å²) in [5.41, 5.74) is 0.929. The van der Waals surface area contributed by atoms with Gasteiger partial charge in [-0.2, -0.15) is 17.9 Å². The van der Waals surface area contributed by atoms with Crippen LogP contribution in [0.4, 0.5) is 23.4 Å². The molecule has 0 unspecified atom stereocenters. The highest BCUT2D eigenvalue weighted by molar-refractivity contribution is 5.94. The van der Waals surface area contributed by atoms with Gasteiger partial charge in [0, 0.05) is 31.7 Å². The van der Waals surface area contributed by atoms with Gasteiger partial charge in [0.1, 0.15) is 12.1 Å². The Hall–Kier alpha value is -4.09. The van der Waals surface area contributed by atoms with Crippen LogP contribution in [0.3, 0.4) is 0 Å². The molecule has 2 aromatic carbocycles. The van der Waals surface area contributed by atoms with Crippen LogP contribution < -0.4 is 4.90 Å². The van der Waals surface area contributed by atoms with Gasteiger partial charge in [-0.25, -0.2) is 14.4 Å². The first-order chi connectivity index (χ1) is 16.3. The summed E-state index contributed by atoms with van der Waals surface area (Å²) >= 11 is 0. The molecule has 34 heavy (non-hydrogen) atoms. The van der Waals surface area contributed by atoms with Crippen LogP contribution in [0, 0.1) is 5.82 Å². The standard InChI is InChI=1S/C22H17F4N7O/c23-16-5-7-17(8-6-16)33-20-18(29-30-33)19(27-13-28-20)31-9-11-32(12-10-31)21(34)14-1-3-15(4-2-14)22(24,25)26/h1-8,13H,9-12H2. The van der Waals surface area contributed by atoms with Crippen molar-refractivity contribution in [3.8, 4) is 5.69 Å². The number of hydrogen-bond donors (Lipinski definition) is 0. The average Bonchev–Trinajstić information content (AvgIpc) is 3.28. The Morgan fingerprint density at radius 1 is 0.882 bits per heavy atom. The Balaban J connectivity index is 1.31. The topological polar surface area (TPSA) is 80.0 Å². The Morgan fingerprint density at radius 3 is 2.21 bits per heavy atom. The molecule has 1 amide bonds. The lowest BCUT2D eigenvalue weighted by Crippen LogP contribution is -2.49. The van der Waals surface area contributed by atoms with E-state index in [1.54, 1.807) is 17.0 Å². The van der Waals surface area contributed by atoms with Gasteiger partial charge in [0.15, 0.2) is 17.0 Å². The molecule has 3 heterocycles. The molecule has 174 valence electrons. The zero-order valence-corrected chi connectivity index (χ0v) is 17.6. The monoisotopic (exact) mass is 471 g/mol. The Morgan fingerprint density at radius 2 is 1.56 bits per heavy atom. The van der Waals surface area contributed by atoms with E-state index >= 15 is 0 Å². The largest absolute Gasteiger partial charge is 0.416 e. The molecule has 0 spiro atoms. The predicted octanol–water partition coefficient (Wildman–Crippen LogP) is 3.33. The number of aromatic nitrogens is 5. The second kappa shape index (κ2) is 8.36. The highest BCUT2D eigenvalue weighted by atomic mass is 19.4. The molecule has 0 atom stereocenters. The Kier molecular flexibility index (Phi) is 5.34. The van der Waals surface area contributed by atoms with Crippen LogP contribution in [0.15, 0.2) is 54.9 Å². The first-order valence-corrected chi connectivity index (χ1v) is 10.3. The lowest BCUT2D eigenvalue weighted by molar-refractivity contribution is -0.137. The summed E-state index contributed by atoms with van der Waals surface area (Å²) < 4.78 is 53.1. The molecule has 4 aromatic rings. The molecular weight excluding hydrogens is 454 g/mol. The Labute approximate surface area is 190 Å². The summed E-state index contributed by atoms with van der Waals surface area (Å²) in [6, 6.07) is 9.97. The van der Waals surface area contributed by atoms with Gasteiger partial charge >= 0.3 is 6.18 Å². The number of alkyl halides is 3. The molecule has 0 bridgehead atoms. The minimum Gasteiger partial charge on any atom is -0.351 e. The summed E-state index contributed by atoms with van der Waals surface area (Å²) in [5.74, 6) is -0.143. The number of rotatable bonds is 3. The number of halogens is 4. The van der Waals surface area contributed by atoms with E-state index in [-0.39, 0.29) is 17.3 Å². The smallest absolute Gasteiger partial charge is 0.351 e. The Bertz CT molecular complexity index is 1330. The molecule has 1 saturated heterocycles. The van der Waals surface area contributed by atoms with Gasteiger partial charge in [0.25, 0.3) is 5.91 Å². The molecule has 0 saturated carbocycles. The summed E-state index contributed by atoms with van der Waals surface area (Å²) in [6.45, 7) is 1.61. The van der Waals surface area contributed by atoms with Crippen molar-refractivity contribution in [3.05, 3.63) is 71.8 Å². The van der Waals surface area contributed by atoms with E-state index in [9.17, 15) is 22.4 Å². The van der Waals surface area contributed by atoms with Crippen LogP contribution in [-0.4, -0.2) is 61.9 Å². The summed E-state index contributed by atoms with van der Waals surface area (Å²) in [5, 5.41) is 8.33. The van der Waals surface area contributed by atoms with Crippen molar-refractivity contribution in [3.63, 3.8) is 0 Å². The minimum atomic E-state index is -4.45. The van der Waals surface area contributed by atoms with Crippen LogP contribution in [0.1, 0.15) is 15.9 Å². The van der Waals surface area contributed by atoms with E-state index in [4.69, 9.17) is 0 Å². The van der Waals surface area contributed by atoms with Gasteiger partial charge in [0.05, 0.1) is 11.3 Å². The van der Waals surface area contributed by atoms with Crippen molar-refractivity contribution in [2.24, 2.45) is 0 Å². The predicted molar refractivity (Wildman–Crippen MR) is 114 cm³/mol. The highest BCUT2D eigenvalue weighted by Gasteiger charge is 2.31. The van der Waals surface area contributed by atoms with E-state index in [0.29, 0.717) is 48.8 Å². The minimum absolute atomic E-state index is 0.202. The molecule has 8 nitrogen and oxygen atoms in total. The van der Waals surface area contributed by atoms with Crippen LogP contribution in [0.2, 0.25) is 0 Å². The molecule has 1 aliphatic rings. The fourth-order valence-electron chi connectivity index (χ4n) is 3.83. The van der Waals surface area contributed by atoms with E-state index in [1.165, 1.54) is 35.3 Å². The summed E-state index contributed by atoms with van der Waals surface area (Å²) in [6.07, 6.45) is -3.06. The van der Waals surface area contributed by atoms with Crippen molar-refractivity contribution in [2.45, 2.75) is 6.18 Å². The van der Waals surface area contributed by atoms with Crippen molar-refractivity contribution in [1.82, 2.24) is 29.9 Å². The number of piperazine rings is 1. The van der Waals surface area contributed by atoms with Gasteiger partial charge in [0.2, 0.25) is 0 Å². The molecule has 1 fully saturated rings. The molecule has 2 aromatic heterocycles. The number of anilines is 1. The quantitative estimate of drug-likeness (QED) is 0.427. The van der Waals surface area contributed by atoms with Gasteiger partial charge in [-0.15, -0.1) is 5.10 Å². The molecule has 5 rings (SSSR count). The van der Waals surface area contributed by atoms with E-state index in [0.717, 1.165) is 12.1 Å². The first-order valence-electron chi connectivity index (χ1n) is 10.3. The zero-order valence-electron chi connectivity index (χ0n) is 17.6. The molecular formula is C22H17F4N7O. The normalized spacial score (nSPS) is 14.6. The van der Waals surface area contributed by atoms with Crippen molar-refractivity contribution in [1.29, 1.82) is 0 Å². The number of nitrogens with zero attached hydrogens (tertiary/aromatic N) is 7. The molecule has 0 N–H and O–H groups in total. The third-order valence-electron chi connectivity index (χ3n) is 5.62. The fraction of sp³-hybridized carbons (Fsp3) is 0.227. The second-order valence-corrected chi connectivity index (χ2v) is 7.70. The maximum atomic E-state index is 13.3. The van der Waals surface area contributed by atoms with Crippen LogP contribution in [-0.2, 0) is 6.18 Å². The van der Waals surface area contributed by atoms with Gasteiger partial charge in [-0.3, -0.25) is 4.79 Å². The van der Waals surface area contributed by atoms with Gasteiger partial charge in [-0.05, 0) is 48.5 Å². The van der Waals surface area contributed by atoms with Crippen LogP contribution in [0.25, 0.3) is 16.9 Å². The van der Waals surface area contributed by atoms with Crippen molar-refractivity contribution in [2.75, 3.05) is 31.1 Å². The van der Waals surface area contributed by atoms with Crippen LogP contribution in [0.5, 0.6) is 0 Å². The number of carbonyl (C=O) groups is 1. The number of hydrogen-bond acceptors (Lipinski definition) is 6. The fourth-order valence-corrected chi connectivity index (χ4v) is 3.83. The first kappa shape index (κ1) is 21.7. The number of carbonyl (C=O) groups excluding carboxylic acids is 1. The summed E-state index contributed by atoms with van der Waals surface area (Å²) in [7, 11) is 0. The lowest BCUT2D eigenvalue weighted by Gasteiger charge is -2.35. The molecule has 0 aliphatic carbocycles. The maximum Gasteiger partial charge on any atom is 0.416 e. The van der Waals surface area contributed by atoms with Crippen molar-refractivity contribution < 1.29 is 22.4 Å². The third kappa shape index (κ3) is 4.02. The van der Waals surface area contributed by atoms with Gasteiger partial charge < -0.3 is 9.80 Å². The van der Waals surface area contributed by atoms with E-state index < -0.39 is 11.7 Å². The van der Waals surface area contributed by atoms with E-state index in [2.05, 4.69) is 20.3 Å². The van der Waals surface area contributed by atoms with Crippen LogP contribution >= 0.6 is 0 Å². The van der Waals surface area contributed by atoms with E-state index in [1.807, 2.05) is 4.90 Å². The zero-order chi connectivity index (χ0) is 23.9. The highest BCUT2D eigenvalue weighted by Crippen LogP contribution is 2.29. The van der Waals surface area contributed by atoms with Crippen molar-refractivity contribution >= 4 is 22.9 Å². The molecule has 1 aliphatic heterocycles. The third-order valence-corrected chi connectivity index (χ3v) is 5.62. The maximum absolute atomic E-state index is 13.3. The van der Waals surface area contributed by atoms with Gasteiger partial charge in [-0.1, -0.05) is 5.21 Å². The summed E-state index contributed by atoms with van der Waals surface area (Å²) in [4.78, 5) is 24.9. The molecule has 12 heteroatoms.